The summed E-state index contributed by atoms with van der Waals surface area (Å²) in [4.78, 5) is 4.01. The Kier molecular flexibility index (Phi) is 4.18. The first kappa shape index (κ1) is 12.9. The highest BCUT2D eigenvalue weighted by atomic mass is 35.5. The van der Waals surface area contributed by atoms with Crippen molar-refractivity contribution in [2.45, 2.75) is 6.42 Å². The third-order valence-corrected chi connectivity index (χ3v) is 3.00. The maximum Gasteiger partial charge on any atom is 0.0927 e. The van der Waals surface area contributed by atoms with Gasteiger partial charge in [0.15, 0.2) is 0 Å². The van der Waals surface area contributed by atoms with Gasteiger partial charge >= 0.3 is 0 Å². The number of aromatic nitrogens is 1. The zero-order valence-corrected chi connectivity index (χ0v) is 10.9. The maximum atomic E-state index is 9.11. The van der Waals surface area contributed by atoms with Crippen molar-refractivity contribution in [3.63, 3.8) is 0 Å². The number of oxime groups is 1. The van der Waals surface area contributed by atoms with E-state index in [2.05, 4.69) is 10.1 Å². The molecule has 18 heavy (non-hydrogen) atoms. The molecular weight excluding hydrogens is 271 g/mol. The molecule has 92 valence electrons. The highest BCUT2D eigenvalue weighted by Crippen LogP contribution is 2.22. The van der Waals surface area contributed by atoms with Crippen LogP contribution in [0.15, 0.2) is 47.9 Å². The van der Waals surface area contributed by atoms with Crippen LogP contribution in [0.3, 0.4) is 0 Å². The average Bonchev–Trinajstić information content (AvgIpc) is 2.38. The predicted molar refractivity (Wildman–Crippen MR) is 72.7 cm³/mol. The average molecular weight is 281 g/mol. The Labute approximate surface area is 115 Å². The summed E-state index contributed by atoms with van der Waals surface area (Å²) < 4.78 is 0. The van der Waals surface area contributed by atoms with Crippen molar-refractivity contribution in [3.05, 3.63) is 63.9 Å². The van der Waals surface area contributed by atoms with Gasteiger partial charge < -0.3 is 5.21 Å². The van der Waals surface area contributed by atoms with Crippen LogP contribution in [0.1, 0.15) is 11.1 Å². The molecule has 2 aromatic rings. The number of hydrogen-bond donors (Lipinski definition) is 1. The van der Waals surface area contributed by atoms with Crippen LogP contribution in [0.4, 0.5) is 0 Å². The van der Waals surface area contributed by atoms with Gasteiger partial charge in [0.25, 0.3) is 0 Å². The Morgan fingerprint density at radius 2 is 2.11 bits per heavy atom. The molecule has 0 aliphatic carbocycles. The zero-order chi connectivity index (χ0) is 13.0. The molecule has 1 heterocycles. The van der Waals surface area contributed by atoms with E-state index < -0.39 is 0 Å². The quantitative estimate of drug-likeness (QED) is 0.528. The van der Waals surface area contributed by atoms with Crippen molar-refractivity contribution in [2.75, 3.05) is 0 Å². The van der Waals surface area contributed by atoms with Crippen LogP contribution in [0.5, 0.6) is 0 Å². The van der Waals surface area contributed by atoms with E-state index in [-0.39, 0.29) is 0 Å². The minimum Gasteiger partial charge on any atom is -0.411 e. The van der Waals surface area contributed by atoms with Crippen molar-refractivity contribution in [1.82, 2.24) is 4.98 Å². The molecule has 1 aromatic heterocycles. The Bertz CT molecular complexity index is 570. The van der Waals surface area contributed by atoms with Crippen LogP contribution in [0.2, 0.25) is 10.0 Å². The Balaban J connectivity index is 2.30. The fourth-order valence-electron chi connectivity index (χ4n) is 1.60. The summed E-state index contributed by atoms with van der Waals surface area (Å²) in [6.07, 6.45) is 3.86. The van der Waals surface area contributed by atoms with E-state index in [1.165, 1.54) is 0 Å². The molecule has 2 rings (SSSR count). The van der Waals surface area contributed by atoms with Gasteiger partial charge in [-0.25, -0.2) is 0 Å². The Morgan fingerprint density at radius 1 is 1.28 bits per heavy atom. The molecule has 0 aliphatic heterocycles. The molecule has 1 N–H and O–H groups in total. The topological polar surface area (TPSA) is 45.5 Å². The summed E-state index contributed by atoms with van der Waals surface area (Å²) in [5, 5.41) is 13.4. The summed E-state index contributed by atoms with van der Waals surface area (Å²) in [7, 11) is 0. The molecular formula is C13H10Cl2N2O. The molecule has 0 saturated heterocycles. The predicted octanol–water partition coefficient (Wildman–Crippen LogP) is 3.81. The number of rotatable bonds is 3. The van der Waals surface area contributed by atoms with E-state index in [9.17, 15) is 0 Å². The molecule has 0 bridgehead atoms. The van der Waals surface area contributed by atoms with Gasteiger partial charge in [0, 0.05) is 29.4 Å². The van der Waals surface area contributed by atoms with Crippen LogP contribution in [0.25, 0.3) is 0 Å². The van der Waals surface area contributed by atoms with E-state index >= 15 is 0 Å². The van der Waals surface area contributed by atoms with E-state index in [0.717, 1.165) is 5.56 Å². The van der Waals surface area contributed by atoms with Crippen LogP contribution >= 0.6 is 23.2 Å². The van der Waals surface area contributed by atoms with Crippen molar-refractivity contribution in [2.24, 2.45) is 5.16 Å². The van der Waals surface area contributed by atoms with Gasteiger partial charge in [-0.2, -0.15) is 0 Å². The third-order valence-electron chi connectivity index (χ3n) is 2.46. The molecule has 0 amide bonds. The number of halogens is 2. The lowest BCUT2D eigenvalue weighted by Crippen LogP contribution is -2.06. The standard InChI is InChI=1S/C13H10Cl2N2O/c14-10-3-4-11(12(15)7-10)13(17-18)6-9-2-1-5-16-8-9/h1-5,7-8,18H,6H2. The summed E-state index contributed by atoms with van der Waals surface area (Å²) >= 11 is 11.9. The second kappa shape index (κ2) is 5.85. The molecule has 1 aromatic carbocycles. The largest absolute Gasteiger partial charge is 0.411 e. The molecule has 0 fully saturated rings. The van der Waals surface area contributed by atoms with Crippen LogP contribution in [0, 0.1) is 0 Å². The number of hydrogen-bond acceptors (Lipinski definition) is 3. The number of benzene rings is 1. The molecule has 0 radical (unpaired) electrons. The molecule has 0 unspecified atom stereocenters. The molecule has 0 atom stereocenters. The van der Waals surface area contributed by atoms with Crippen LogP contribution in [-0.4, -0.2) is 15.9 Å². The van der Waals surface area contributed by atoms with Gasteiger partial charge in [0.2, 0.25) is 0 Å². The van der Waals surface area contributed by atoms with Crippen LogP contribution in [-0.2, 0) is 6.42 Å². The van der Waals surface area contributed by atoms with Gasteiger partial charge in [0.1, 0.15) is 0 Å². The fraction of sp³-hybridized carbons (Fsp3) is 0.0769. The summed E-state index contributed by atoms with van der Waals surface area (Å²) in [5.41, 5.74) is 2.08. The van der Waals surface area contributed by atoms with Gasteiger partial charge in [-0.05, 0) is 23.8 Å². The summed E-state index contributed by atoms with van der Waals surface area (Å²) in [6, 6.07) is 8.79. The second-order valence-corrected chi connectivity index (χ2v) is 4.55. The van der Waals surface area contributed by atoms with Crippen molar-refractivity contribution >= 4 is 28.9 Å². The zero-order valence-electron chi connectivity index (χ0n) is 9.35. The van der Waals surface area contributed by atoms with Gasteiger partial charge in [-0.3, -0.25) is 4.98 Å². The Hall–Kier alpha value is -1.58. The Morgan fingerprint density at radius 3 is 2.72 bits per heavy atom. The highest BCUT2D eigenvalue weighted by molar-refractivity contribution is 6.37. The lowest BCUT2D eigenvalue weighted by molar-refractivity contribution is 0.318. The SMILES string of the molecule is ON=C(Cc1cccnc1)c1ccc(Cl)cc1Cl. The first-order chi connectivity index (χ1) is 8.70. The number of pyridine rings is 1. The van der Waals surface area contributed by atoms with Gasteiger partial charge in [-0.15, -0.1) is 0 Å². The monoisotopic (exact) mass is 280 g/mol. The maximum absolute atomic E-state index is 9.11. The van der Waals surface area contributed by atoms with Crippen molar-refractivity contribution in [1.29, 1.82) is 0 Å². The summed E-state index contributed by atoms with van der Waals surface area (Å²) in [6.45, 7) is 0. The minimum absolute atomic E-state index is 0.450. The normalized spacial score (nSPS) is 11.6. The van der Waals surface area contributed by atoms with Gasteiger partial charge in [0.05, 0.1) is 10.7 Å². The second-order valence-electron chi connectivity index (χ2n) is 3.71. The molecule has 0 saturated carbocycles. The molecule has 0 spiro atoms. The van der Waals surface area contributed by atoms with Crippen molar-refractivity contribution < 1.29 is 5.21 Å². The number of nitrogens with zero attached hydrogens (tertiary/aromatic N) is 2. The van der Waals surface area contributed by atoms with Crippen LogP contribution < -0.4 is 0 Å². The van der Waals surface area contributed by atoms with E-state index in [4.69, 9.17) is 28.4 Å². The third kappa shape index (κ3) is 3.00. The van der Waals surface area contributed by atoms with Crippen molar-refractivity contribution in [3.8, 4) is 0 Å². The first-order valence-electron chi connectivity index (χ1n) is 5.26. The summed E-state index contributed by atoms with van der Waals surface area (Å²) in [5.74, 6) is 0. The first-order valence-corrected chi connectivity index (χ1v) is 6.01. The lowest BCUT2D eigenvalue weighted by Gasteiger charge is -2.07. The highest BCUT2D eigenvalue weighted by Gasteiger charge is 2.10. The van der Waals surface area contributed by atoms with Gasteiger partial charge in [-0.1, -0.05) is 40.5 Å². The molecule has 5 heteroatoms. The molecule has 0 aliphatic rings. The van der Waals surface area contributed by atoms with E-state index in [0.29, 0.717) is 27.7 Å². The minimum atomic E-state index is 0.450. The van der Waals surface area contributed by atoms with E-state index in [1.807, 2.05) is 12.1 Å². The smallest absolute Gasteiger partial charge is 0.0927 e. The van der Waals surface area contributed by atoms with E-state index in [1.54, 1.807) is 30.6 Å². The molecule has 3 nitrogen and oxygen atoms in total. The lowest BCUT2D eigenvalue weighted by atomic mass is 10.0. The fourth-order valence-corrected chi connectivity index (χ4v) is 2.12.